The summed E-state index contributed by atoms with van der Waals surface area (Å²) >= 11 is 1.44. The van der Waals surface area contributed by atoms with Crippen molar-refractivity contribution in [2.24, 2.45) is 11.7 Å². The van der Waals surface area contributed by atoms with Crippen molar-refractivity contribution in [1.82, 2.24) is 9.88 Å². The fourth-order valence-corrected chi connectivity index (χ4v) is 4.26. The molecule has 1 aliphatic heterocycles. The molecular weight excluding hydrogens is 286 g/mol. The summed E-state index contributed by atoms with van der Waals surface area (Å²) in [4.78, 5) is 18.8. The number of carbonyl (C=O) groups excluding carboxylic acids is 1. The lowest BCUT2D eigenvalue weighted by molar-refractivity contribution is -0.0886. The van der Waals surface area contributed by atoms with Crippen LogP contribution in [-0.4, -0.2) is 39.6 Å². The molecular formula is C15H23N3O2S. The second kappa shape index (κ2) is 5.66. The van der Waals surface area contributed by atoms with Gasteiger partial charge in [-0.15, -0.1) is 11.3 Å². The Hall–Kier alpha value is -0.980. The van der Waals surface area contributed by atoms with Gasteiger partial charge in [0.1, 0.15) is 10.7 Å². The molecule has 5 nitrogen and oxygen atoms in total. The first-order valence-corrected chi connectivity index (χ1v) is 8.60. The summed E-state index contributed by atoms with van der Waals surface area (Å²) in [6.07, 6.45) is 4.84. The van der Waals surface area contributed by atoms with Gasteiger partial charge in [-0.1, -0.05) is 12.8 Å². The molecule has 3 atom stereocenters. The predicted octanol–water partition coefficient (Wildman–Crippen LogP) is 1.93. The van der Waals surface area contributed by atoms with Crippen LogP contribution < -0.4 is 5.73 Å². The van der Waals surface area contributed by atoms with Gasteiger partial charge >= 0.3 is 0 Å². The number of hydrogen-bond acceptors (Lipinski definition) is 5. The maximum atomic E-state index is 12.6. The number of fused-ring (bicyclic) bond motifs is 1. The molecule has 3 rings (SSSR count). The zero-order valence-electron chi connectivity index (χ0n) is 12.4. The minimum Gasteiger partial charge on any atom is -0.389 e. The number of amides is 1. The van der Waals surface area contributed by atoms with Crippen LogP contribution in [0.5, 0.6) is 0 Å². The average Bonchev–Trinajstić information content (AvgIpc) is 2.95. The molecule has 2 aliphatic rings. The van der Waals surface area contributed by atoms with Crippen molar-refractivity contribution in [2.45, 2.75) is 50.7 Å². The maximum absolute atomic E-state index is 12.6. The second-order valence-corrected chi connectivity index (χ2v) is 7.30. The van der Waals surface area contributed by atoms with Gasteiger partial charge in [-0.05, 0) is 26.2 Å². The summed E-state index contributed by atoms with van der Waals surface area (Å²) in [7, 11) is 0. The van der Waals surface area contributed by atoms with E-state index in [1.807, 2.05) is 11.8 Å². The quantitative estimate of drug-likeness (QED) is 0.875. The zero-order chi connectivity index (χ0) is 15.0. The highest BCUT2D eigenvalue weighted by Crippen LogP contribution is 2.40. The first-order chi connectivity index (χ1) is 9.99. The van der Waals surface area contributed by atoms with E-state index in [-0.39, 0.29) is 17.9 Å². The Morgan fingerprint density at radius 3 is 3.10 bits per heavy atom. The largest absolute Gasteiger partial charge is 0.389 e. The molecule has 1 amide bonds. The van der Waals surface area contributed by atoms with Gasteiger partial charge in [-0.2, -0.15) is 0 Å². The Morgan fingerprint density at radius 1 is 1.57 bits per heavy atom. The van der Waals surface area contributed by atoms with Crippen LogP contribution in [0.15, 0.2) is 5.38 Å². The zero-order valence-corrected chi connectivity index (χ0v) is 13.2. The van der Waals surface area contributed by atoms with E-state index in [2.05, 4.69) is 4.98 Å². The van der Waals surface area contributed by atoms with Crippen LogP contribution >= 0.6 is 11.3 Å². The average molecular weight is 309 g/mol. The van der Waals surface area contributed by atoms with Crippen molar-refractivity contribution < 1.29 is 9.90 Å². The van der Waals surface area contributed by atoms with Crippen molar-refractivity contribution in [2.75, 3.05) is 13.1 Å². The normalized spacial score (nSPS) is 30.8. The van der Waals surface area contributed by atoms with Gasteiger partial charge in [0.25, 0.3) is 5.91 Å². The molecule has 0 aromatic carbocycles. The minimum absolute atomic E-state index is 0.0224. The van der Waals surface area contributed by atoms with Crippen LogP contribution in [0, 0.1) is 5.92 Å². The summed E-state index contributed by atoms with van der Waals surface area (Å²) in [5.41, 5.74) is 5.75. The number of thiazole rings is 1. The number of nitrogens with two attached hydrogens (primary N) is 1. The van der Waals surface area contributed by atoms with Crippen molar-refractivity contribution in [3.63, 3.8) is 0 Å². The highest BCUT2D eigenvalue weighted by atomic mass is 32.1. The number of nitrogens with zero attached hydrogens (tertiary/aromatic N) is 2. The van der Waals surface area contributed by atoms with Gasteiger partial charge in [-0.25, -0.2) is 4.98 Å². The van der Waals surface area contributed by atoms with E-state index in [0.29, 0.717) is 25.2 Å². The van der Waals surface area contributed by atoms with Gasteiger partial charge in [0.05, 0.1) is 11.6 Å². The predicted molar refractivity (Wildman–Crippen MR) is 82.1 cm³/mol. The molecule has 0 spiro atoms. The lowest BCUT2D eigenvalue weighted by Crippen LogP contribution is -2.54. The third-order valence-corrected chi connectivity index (χ3v) is 5.89. The standard InChI is InChI=1S/C15H23N3O2S/c1-10(16)13-17-12(9-21-13)14(19)18-7-6-15(20)5-3-2-4-11(15)8-18/h9-11,20H,2-8,16H2,1H3. The Balaban J connectivity index is 1.71. The van der Waals surface area contributed by atoms with Gasteiger partial charge in [-0.3, -0.25) is 4.79 Å². The van der Waals surface area contributed by atoms with Crippen LogP contribution in [0.2, 0.25) is 0 Å². The molecule has 2 fully saturated rings. The molecule has 116 valence electrons. The lowest BCUT2D eigenvalue weighted by atomic mass is 9.71. The molecule has 1 aliphatic carbocycles. The van der Waals surface area contributed by atoms with Crippen molar-refractivity contribution in [1.29, 1.82) is 0 Å². The van der Waals surface area contributed by atoms with Crippen LogP contribution in [0.1, 0.15) is 60.6 Å². The highest BCUT2D eigenvalue weighted by molar-refractivity contribution is 7.09. The number of aliphatic hydroxyl groups is 1. The fraction of sp³-hybridized carbons (Fsp3) is 0.733. The molecule has 2 heterocycles. The van der Waals surface area contributed by atoms with E-state index in [4.69, 9.17) is 5.73 Å². The Morgan fingerprint density at radius 2 is 2.38 bits per heavy atom. The van der Waals surface area contributed by atoms with Crippen LogP contribution in [0.3, 0.4) is 0 Å². The monoisotopic (exact) mass is 309 g/mol. The third kappa shape index (κ3) is 2.84. The molecule has 0 radical (unpaired) electrons. The molecule has 1 aromatic rings. The molecule has 0 bridgehead atoms. The number of carbonyl (C=O) groups is 1. The summed E-state index contributed by atoms with van der Waals surface area (Å²) in [5.74, 6) is 0.196. The lowest BCUT2D eigenvalue weighted by Gasteiger charge is -2.47. The molecule has 1 saturated heterocycles. The van der Waals surface area contributed by atoms with E-state index >= 15 is 0 Å². The minimum atomic E-state index is -0.548. The molecule has 3 unspecified atom stereocenters. The summed E-state index contributed by atoms with van der Waals surface area (Å²) < 4.78 is 0. The SMILES string of the molecule is CC(N)c1nc(C(=O)N2CCC3(O)CCCCC3C2)cs1. The second-order valence-electron chi connectivity index (χ2n) is 6.41. The topological polar surface area (TPSA) is 79.5 Å². The Labute approximate surface area is 129 Å². The number of likely N-dealkylation sites (tertiary alicyclic amines) is 1. The smallest absolute Gasteiger partial charge is 0.273 e. The molecule has 6 heteroatoms. The third-order valence-electron chi connectivity index (χ3n) is 4.85. The van der Waals surface area contributed by atoms with Gasteiger partial charge in [0.2, 0.25) is 0 Å². The van der Waals surface area contributed by atoms with Crippen LogP contribution in [0.25, 0.3) is 0 Å². The van der Waals surface area contributed by atoms with Crippen LogP contribution in [-0.2, 0) is 0 Å². The van der Waals surface area contributed by atoms with Gasteiger partial charge in [0.15, 0.2) is 0 Å². The van der Waals surface area contributed by atoms with E-state index < -0.39 is 5.60 Å². The molecule has 21 heavy (non-hydrogen) atoms. The Bertz CT molecular complexity index is 531. The van der Waals surface area contributed by atoms with E-state index in [1.165, 1.54) is 11.3 Å². The van der Waals surface area contributed by atoms with E-state index in [1.54, 1.807) is 5.38 Å². The molecule has 1 aromatic heterocycles. The molecule has 1 saturated carbocycles. The Kier molecular flexibility index (Phi) is 4.03. The highest BCUT2D eigenvalue weighted by Gasteiger charge is 2.44. The number of hydrogen-bond donors (Lipinski definition) is 2. The summed E-state index contributed by atoms with van der Waals surface area (Å²) in [6, 6.07) is -0.138. The maximum Gasteiger partial charge on any atom is 0.273 e. The van der Waals surface area contributed by atoms with Gasteiger partial charge < -0.3 is 15.7 Å². The summed E-state index contributed by atoms with van der Waals surface area (Å²) in [6.45, 7) is 3.15. The van der Waals surface area contributed by atoms with Gasteiger partial charge in [0, 0.05) is 24.4 Å². The number of piperidine rings is 1. The van der Waals surface area contributed by atoms with Crippen LogP contribution in [0.4, 0.5) is 0 Å². The number of rotatable bonds is 2. The first kappa shape index (κ1) is 14.9. The first-order valence-electron chi connectivity index (χ1n) is 7.72. The van der Waals surface area contributed by atoms with Crippen molar-refractivity contribution >= 4 is 17.2 Å². The fourth-order valence-electron chi connectivity index (χ4n) is 3.51. The number of aromatic nitrogens is 1. The summed E-state index contributed by atoms with van der Waals surface area (Å²) in [5, 5.41) is 13.3. The van der Waals surface area contributed by atoms with Crippen molar-refractivity contribution in [3.8, 4) is 0 Å². The van der Waals surface area contributed by atoms with E-state index in [9.17, 15) is 9.90 Å². The molecule has 3 N–H and O–H groups in total. The van der Waals surface area contributed by atoms with E-state index in [0.717, 1.165) is 30.7 Å². The van der Waals surface area contributed by atoms with Crippen molar-refractivity contribution in [3.05, 3.63) is 16.1 Å².